The van der Waals surface area contributed by atoms with Crippen molar-refractivity contribution in [3.8, 4) is 5.75 Å². The fourth-order valence-corrected chi connectivity index (χ4v) is 4.52. The Morgan fingerprint density at radius 3 is 2.57 bits per heavy atom. The predicted molar refractivity (Wildman–Crippen MR) is 141 cm³/mol. The first-order valence-corrected chi connectivity index (χ1v) is 12.9. The van der Waals surface area contributed by atoms with E-state index in [0.29, 0.717) is 25.3 Å². The van der Waals surface area contributed by atoms with Crippen molar-refractivity contribution in [1.29, 1.82) is 0 Å². The fraction of sp³-hybridized carbons (Fsp3) is 0.500. The maximum Gasteiger partial charge on any atom is 0.321 e. The highest BCUT2D eigenvalue weighted by Crippen LogP contribution is 2.28. The number of rotatable bonds is 11. The molecule has 0 saturated carbocycles. The van der Waals surface area contributed by atoms with Gasteiger partial charge in [-0.15, -0.1) is 0 Å². The molecule has 0 spiro atoms. The molecule has 0 radical (unpaired) electrons. The SMILES string of the molecule is CCOc1ccc(NC(=O)N2CCC[C@H](c3cccc(C(=O)NCCCN(CC)CC)c3)C2)cc1. The van der Waals surface area contributed by atoms with Crippen LogP contribution in [0.15, 0.2) is 48.5 Å². The van der Waals surface area contributed by atoms with Gasteiger partial charge in [0, 0.05) is 36.8 Å². The molecule has 2 N–H and O–H groups in total. The van der Waals surface area contributed by atoms with Crippen LogP contribution in [-0.2, 0) is 0 Å². The number of piperidine rings is 1. The summed E-state index contributed by atoms with van der Waals surface area (Å²) in [5, 5.41) is 6.04. The molecular weight excluding hydrogens is 440 g/mol. The number of likely N-dealkylation sites (tertiary alicyclic amines) is 1. The minimum Gasteiger partial charge on any atom is -0.494 e. The summed E-state index contributed by atoms with van der Waals surface area (Å²) >= 11 is 0. The summed E-state index contributed by atoms with van der Waals surface area (Å²) in [7, 11) is 0. The van der Waals surface area contributed by atoms with Crippen molar-refractivity contribution in [2.24, 2.45) is 0 Å². The molecule has 1 atom stereocenters. The number of amides is 3. The van der Waals surface area contributed by atoms with Gasteiger partial charge in [0.2, 0.25) is 0 Å². The van der Waals surface area contributed by atoms with Gasteiger partial charge in [0.25, 0.3) is 5.91 Å². The van der Waals surface area contributed by atoms with Crippen molar-refractivity contribution < 1.29 is 14.3 Å². The number of nitrogens with zero attached hydrogens (tertiary/aromatic N) is 2. The number of hydrogen-bond donors (Lipinski definition) is 2. The van der Waals surface area contributed by atoms with Crippen LogP contribution in [0.25, 0.3) is 0 Å². The van der Waals surface area contributed by atoms with E-state index >= 15 is 0 Å². The van der Waals surface area contributed by atoms with Crippen LogP contribution in [-0.4, -0.2) is 67.6 Å². The summed E-state index contributed by atoms with van der Waals surface area (Å²) in [6.07, 6.45) is 2.87. The molecule has 1 aliphatic rings. The molecular formula is C28H40N4O3. The van der Waals surface area contributed by atoms with Crippen LogP contribution in [0.2, 0.25) is 0 Å². The molecule has 2 aromatic carbocycles. The number of carbonyl (C=O) groups is 2. The Hall–Kier alpha value is -3.06. The molecule has 3 rings (SSSR count). The zero-order valence-electron chi connectivity index (χ0n) is 21.4. The van der Waals surface area contributed by atoms with Crippen molar-refractivity contribution in [1.82, 2.24) is 15.1 Å². The lowest BCUT2D eigenvalue weighted by molar-refractivity contribution is 0.0951. The Bertz CT molecular complexity index is 943. The Morgan fingerprint density at radius 1 is 1.09 bits per heavy atom. The van der Waals surface area contributed by atoms with Gasteiger partial charge in [-0.2, -0.15) is 0 Å². The largest absolute Gasteiger partial charge is 0.494 e. The van der Waals surface area contributed by atoms with Crippen molar-refractivity contribution in [3.63, 3.8) is 0 Å². The molecule has 7 nitrogen and oxygen atoms in total. The van der Waals surface area contributed by atoms with E-state index in [4.69, 9.17) is 4.74 Å². The van der Waals surface area contributed by atoms with E-state index < -0.39 is 0 Å². The first kappa shape index (κ1) is 26.5. The maximum atomic E-state index is 12.9. The normalized spacial score (nSPS) is 15.7. The van der Waals surface area contributed by atoms with E-state index in [1.807, 2.05) is 54.3 Å². The molecule has 1 heterocycles. The summed E-state index contributed by atoms with van der Waals surface area (Å²) < 4.78 is 5.46. The van der Waals surface area contributed by atoms with E-state index in [9.17, 15) is 9.59 Å². The average molecular weight is 481 g/mol. The number of carbonyl (C=O) groups excluding carboxylic acids is 2. The Kier molecular flexibility index (Phi) is 10.4. The fourth-order valence-electron chi connectivity index (χ4n) is 4.52. The van der Waals surface area contributed by atoms with Gasteiger partial charge in [0.15, 0.2) is 0 Å². The van der Waals surface area contributed by atoms with Gasteiger partial charge < -0.3 is 25.2 Å². The van der Waals surface area contributed by atoms with Crippen molar-refractivity contribution >= 4 is 17.6 Å². The molecule has 35 heavy (non-hydrogen) atoms. The van der Waals surface area contributed by atoms with Gasteiger partial charge in [0.05, 0.1) is 6.61 Å². The highest BCUT2D eigenvalue weighted by molar-refractivity contribution is 5.94. The van der Waals surface area contributed by atoms with Crippen LogP contribution in [0.5, 0.6) is 5.75 Å². The molecule has 0 bridgehead atoms. The van der Waals surface area contributed by atoms with Gasteiger partial charge in [-0.1, -0.05) is 26.0 Å². The highest BCUT2D eigenvalue weighted by atomic mass is 16.5. The summed E-state index contributed by atoms with van der Waals surface area (Å²) in [5.74, 6) is 0.967. The second kappa shape index (κ2) is 13.7. The van der Waals surface area contributed by atoms with E-state index in [-0.39, 0.29) is 17.9 Å². The molecule has 7 heteroatoms. The van der Waals surface area contributed by atoms with Crippen molar-refractivity contribution in [2.75, 3.05) is 51.2 Å². The first-order valence-electron chi connectivity index (χ1n) is 12.9. The van der Waals surface area contributed by atoms with Crippen LogP contribution in [0.4, 0.5) is 10.5 Å². The number of ether oxygens (including phenoxy) is 1. The van der Waals surface area contributed by atoms with Crippen LogP contribution in [0.1, 0.15) is 61.9 Å². The lowest BCUT2D eigenvalue weighted by atomic mass is 9.89. The topological polar surface area (TPSA) is 73.9 Å². The minimum atomic E-state index is -0.0963. The molecule has 1 saturated heterocycles. The smallest absolute Gasteiger partial charge is 0.321 e. The third-order valence-electron chi connectivity index (χ3n) is 6.58. The van der Waals surface area contributed by atoms with Crippen LogP contribution < -0.4 is 15.4 Å². The lowest BCUT2D eigenvalue weighted by Crippen LogP contribution is -2.41. The Labute approximate surface area is 209 Å². The third kappa shape index (κ3) is 7.99. The number of urea groups is 1. The molecule has 2 aromatic rings. The lowest BCUT2D eigenvalue weighted by Gasteiger charge is -2.33. The van der Waals surface area contributed by atoms with Gasteiger partial charge in [-0.25, -0.2) is 4.79 Å². The van der Waals surface area contributed by atoms with Gasteiger partial charge in [-0.3, -0.25) is 4.79 Å². The van der Waals surface area contributed by atoms with E-state index in [2.05, 4.69) is 35.4 Å². The van der Waals surface area contributed by atoms with Crippen LogP contribution in [0.3, 0.4) is 0 Å². The monoisotopic (exact) mass is 480 g/mol. The second-order valence-corrected chi connectivity index (χ2v) is 8.93. The summed E-state index contributed by atoms with van der Waals surface area (Å²) in [6, 6.07) is 15.2. The zero-order valence-corrected chi connectivity index (χ0v) is 21.4. The molecule has 0 aromatic heterocycles. The standard InChI is InChI=1S/C28H40N4O3/c1-4-31(5-2)18-9-17-29-27(33)23-11-7-10-22(20-23)24-12-8-19-32(21-24)28(34)30-25-13-15-26(16-14-25)35-6-3/h7,10-11,13-16,20,24H,4-6,8-9,12,17-19,21H2,1-3H3,(H,29,33)(H,30,34)/t24-/m0/s1. The molecule has 0 unspecified atom stereocenters. The number of nitrogens with one attached hydrogen (secondary N) is 2. The molecule has 1 aliphatic heterocycles. The molecule has 3 amide bonds. The summed E-state index contributed by atoms with van der Waals surface area (Å²) in [4.78, 5) is 29.8. The summed E-state index contributed by atoms with van der Waals surface area (Å²) in [6.45, 7) is 12.0. The Balaban J connectivity index is 1.53. The van der Waals surface area contributed by atoms with Crippen LogP contribution >= 0.6 is 0 Å². The van der Waals surface area contributed by atoms with Gasteiger partial charge in [-0.05, 0) is 87.8 Å². The minimum absolute atomic E-state index is 0.0349. The molecule has 0 aliphatic carbocycles. The van der Waals surface area contributed by atoms with Crippen molar-refractivity contribution in [3.05, 3.63) is 59.7 Å². The number of hydrogen-bond acceptors (Lipinski definition) is 4. The first-order chi connectivity index (χ1) is 17.0. The Morgan fingerprint density at radius 2 is 1.86 bits per heavy atom. The summed E-state index contributed by atoms with van der Waals surface area (Å²) in [5.41, 5.74) is 2.54. The molecule has 190 valence electrons. The zero-order chi connectivity index (χ0) is 25.0. The van der Waals surface area contributed by atoms with E-state index in [1.54, 1.807) is 0 Å². The third-order valence-corrected chi connectivity index (χ3v) is 6.58. The van der Waals surface area contributed by atoms with Crippen LogP contribution in [0, 0.1) is 0 Å². The van der Waals surface area contributed by atoms with Gasteiger partial charge in [0.1, 0.15) is 5.75 Å². The number of anilines is 1. The highest BCUT2D eigenvalue weighted by Gasteiger charge is 2.25. The van der Waals surface area contributed by atoms with Crippen molar-refractivity contribution in [2.45, 2.75) is 46.0 Å². The predicted octanol–water partition coefficient (Wildman–Crippen LogP) is 4.96. The van der Waals surface area contributed by atoms with E-state index in [0.717, 1.165) is 62.4 Å². The maximum absolute atomic E-state index is 12.9. The van der Waals surface area contributed by atoms with E-state index in [1.165, 1.54) is 0 Å². The average Bonchev–Trinajstić information content (AvgIpc) is 2.90. The molecule has 1 fully saturated rings. The second-order valence-electron chi connectivity index (χ2n) is 8.93. The quantitative estimate of drug-likeness (QED) is 0.446. The van der Waals surface area contributed by atoms with Gasteiger partial charge >= 0.3 is 6.03 Å². The number of benzene rings is 2.